The number of aryl methyl sites for hydroxylation is 1. The SMILES string of the molecule is CS(=O)(=O)c1ccc(-c2noc(Cc3n[nH]c4c3CCCC4)n2)cc1. The lowest BCUT2D eigenvalue weighted by Gasteiger charge is -2.10. The molecule has 8 heteroatoms. The molecule has 0 unspecified atom stereocenters. The molecular formula is C17H18N4O3S. The molecule has 2 aromatic heterocycles. The van der Waals surface area contributed by atoms with Gasteiger partial charge in [-0.3, -0.25) is 5.10 Å². The fourth-order valence-corrected chi connectivity index (χ4v) is 3.76. The summed E-state index contributed by atoms with van der Waals surface area (Å²) < 4.78 is 28.4. The number of fused-ring (bicyclic) bond motifs is 1. The highest BCUT2D eigenvalue weighted by atomic mass is 32.2. The minimum Gasteiger partial charge on any atom is -0.339 e. The van der Waals surface area contributed by atoms with Crippen molar-refractivity contribution in [2.45, 2.75) is 37.0 Å². The van der Waals surface area contributed by atoms with Crippen LogP contribution in [-0.4, -0.2) is 35.0 Å². The molecule has 0 fully saturated rings. The molecule has 1 aromatic carbocycles. The Bertz CT molecular complexity index is 1000. The summed E-state index contributed by atoms with van der Waals surface area (Å²) in [6.07, 6.45) is 6.14. The van der Waals surface area contributed by atoms with Gasteiger partial charge < -0.3 is 4.52 Å². The van der Waals surface area contributed by atoms with Crippen molar-refractivity contribution in [3.05, 3.63) is 47.1 Å². The Hall–Kier alpha value is -2.48. The zero-order valence-electron chi connectivity index (χ0n) is 13.8. The van der Waals surface area contributed by atoms with Crippen LogP contribution in [-0.2, 0) is 29.1 Å². The summed E-state index contributed by atoms with van der Waals surface area (Å²) in [6.45, 7) is 0. The van der Waals surface area contributed by atoms with Gasteiger partial charge in [0.05, 0.1) is 17.0 Å². The number of benzene rings is 1. The molecule has 0 atom stereocenters. The third-order valence-electron chi connectivity index (χ3n) is 4.47. The highest BCUT2D eigenvalue weighted by molar-refractivity contribution is 7.90. The average Bonchev–Trinajstić information content (AvgIpc) is 3.22. The molecule has 0 bridgehead atoms. The summed E-state index contributed by atoms with van der Waals surface area (Å²) >= 11 is 0. The molecule has 0 radical (unpaired) electrons. The number of H-pyrrole nitrogens is 1. The normalized spacial score (nSPS) is 14.4. The van der Waals surface area contributed by atoms with Crippen LogP contribution in [0.5, 0.6) is 0 Å². The summed E-state index contributed by atoms with van der Waals surface area (Å²) in [5.74, 6) is 0.946. The lowest BCUT2D eigenvalue weighted by atomic mass is 9.95. The van der Waals surface area contributed by atoms with E-state index in [4.69, 9.17) is 4.52 Å². The van der Waals surface area contributed by atoms with Gasteiger partial charge in [-0.15, -0.1) is 0 Å². The maximum atomic E-state index is 11.5. The molecule has 1 aliphatic carbocycles. The van der Waals surface area contributed by atoms with Crippen molar-refractivity contribution in [2.75, 3.05) is 6.26 Å². The standard InChI is InChI=1S/C17H18N4O3S/c1-25(22,23)12-8-6-11(7-9-12)17-18-16(24-21-17)10-15-13-4-2-3-5-14(13)19-20-15/h6-9H,2-5,10H2,1H3,(H,19,20). The molecule has 7 nitrogen and oxygen atoms in total. The van der Waals surface area contributed by atoms with Crippen LogP contribution in [0.15, 0.2) is 33.7 Å². The van der Waals surface area contributed by atoms with E-state index in [9.17, 15) is 8.42 Å². The fourth-order valence-electron chi connectivity index (χ4n) is 3.13. The molecular weight excluding hydrogens is 340 g/mol. The molecule has 1 aliphatic rings. The number of aromatic amines is 1. The Kier molecular flexibility index (Phi) is 3.91. The van der Waals surface area contributed by atoms with Gasteiger partial charge in [0, 0.05) is 17.5 Å². The Morgan fingerprint density at radius 1 is 1.16 bits per heavy atom. The first-order chi connectivity index (χ1) is 12.0. The van der Waals surface area contributed by atoms with E-state index in [1.807, 2.05) is 0 Å². The van der Waals surface area contributed by atoms with Gasteiger partial charge in [0.25, 0.3) is 0 Å². The number of sulfone groups is 1. The highest BCUT2D eigenvalue weighted by Gasteiger charge is 2.19. The summed E-state index contributed by atoms with van der Waals surface area (Å²) in [5.41, 5.74) is 4.18. The van der Waals surface area contributed by atoms with Gasteiger partial charge >= 0.3 is 0 Å². The monoisotopic (exact) mass is 358 g/mol. The third-order valence-corrected chi connectivity index (χ3v) is 5.60. The van der Waals surface area contributed by atoms with E-state index in [0.717, 1.165) is 18.5 Å². The largest absolute Gasteiger partial charge is 0.339 e. The van der Waals surface area contributed by atoms with E-state index in [-0.39, 0.29) is 4.90 Å². The van der Waals surface area contributed by atoms with Gasteiger partial charge in [-0.05, 0) is 55.5 Å². The van der Waals surface area contributed by atoms with Gasteiger partial charge in [-0.1, -0.05) is 5.16 Å². The second kappa shape index (κ2) is 6.11. The van der Waals surface area contributed by atoms with Crippen molar-refractivity contribution in [3.63, 3.8) is 0 Å². The first kappa shape index (κ1) is 16.0. The van der Waals surface area contributed by atoms with Crippen LogP contribution in [0, 0.1) is 0 Å². The summed E-state index contributed by atoms with van der Waals surface area (Å²) in [5, 5.41) is 11.5. The topological polar surface area (TPSA) is 102 Å². The first-order valence-electron chi connectivity index (χ1n) is 8.19. The molecule has 0 saturated heterocycles. The zero-order chi connectivity index (χ0) is 17.4. The van der Waals surface area contributed by atoms with Crippen LogP contribution in [0.4, 0.5) is 0 Å². The zero-order valence-corrected chi connectivity index (χ0v) is 14.6. The molecule has 3 aromatic rings. The van der Waals surface area contributed by atoms with Crippen molar-refractivity contribution < 1.29 is 12.9 Å². The quantitative estimate of drug-likeness (QED) is 0.768. The molecule has 25 heavy (non-hydrogen) atoms. The lowest BCUT2D eigenvalue weighted by Crippen LogP contribution is -2.03. The van der Waals surface area contributed by atoms with Crippen LogP contribution in [0.25, 0.3) is 11.4 Å². The number of nitrogens with one attached hydrogen (secondary N) is 1. The second-order valence-corrected chi connectivity index (χ2v) is 8.34. The molecule has 1 N–H and O–H groups in total. The van der Waals surface area contributed by atoms with Gasteiger partial charge in [0.1, 0.15) is 0 Å². The van der Waals surface area contributed by atoms with Crippen LogP contribution in [0.1, 0.15) is 35.7 Å². The van der Waals surface area contributed by atoms with Crippen LogP contribution in [0.3, 0.4) is 0 Å². The number of aromatic nitrogens is 4. The van der Waals surface area contributed by atoms with E-state index < -0.39 is 9.84 Å². The highest BCUT2D eigenvalue weighted by Crippen LogP contribution is 2.24. The molecule has 0 saturated carbocycles. The van der Waals surface area contributed by atoms with Crippen molar-refractivity contribution in [3.8, 4) is 11.4 Å². The lowest BCUT2D eigenvalue weighted by molar-refractivity contribution is 0.384. The minimum atomic E-state index is -3.22. The molecule has 4 rings (SSSR count). The summed E-state index contributed by atoms with van der Waals surface area (Å²) in [6, 6.07) is 6.46. The van der Waals surface area contributed by atoms with E-state index in [0.29, 0.717) is 23.7 Å². The van der Waals surface area contributed by atoms with Crippen molar-refractivity contribution in [2.24, 2.45) is 0 Å². The maximum Gasteiger partial charge on any atom is 0.233 e. The average molecular weight is 358 g/mol. The number of hydrogen-bond acceptors (Lipinski definition) is 6. The van der Waals surface area contributed by atoms with Gasteiger partial charge in [0.15, 0.2) is 9.84 Å². The molecule has 130 valence electrons. The fraction of sp³-hybridized carbons (Fsp3) is 0.353. The molecule has 2 heterocycles. The molecule has 0 aliphatic heterocycles. The van der Waals surface area contributed by atoms with E-state index in [1.165, 1.54) is 30.4 Å². The Morgan fingerprint density at radius 2 is 1.92 bits per heavy atom. The number of nitrogens with zero attached hydrogens (tertiary/aromatic N) is 3. The molecule has 0 amide bonds. The third kappa shape index (κ3) is 3.21. The van der Waals surface area contributed by atoms with Crippen molar-refractivity contribution >= 4 is 9.84 Å². The van der Waals surface area contributed by atoms with Gasteiger partial charge in [-0.2, -0.15) is 10.1 Å². The number of hydrogen-bond donors (Lipinski definition) is 1. The van der Waals surface area contributed by atoms with Crippen LogP contribution >= 0.6 is 0 Å². The van der Waals surface area contributed by atoms with E-state index in [2.05, 4.69) is 20.3 Å². The van der Waals surface area contributed by atoms with E-state index in [1.54, 1.807) is 24.3 Å². The minimum absolute atomic E-state index is 0.267. The van der Waals surface area contributed by atoms with Crippen LogP contribution < -0.4 is 0 Å². The second-order valence-electron chi connectivity index (χ2n) is 6.32. The van der Waals surface area contributed by atoms with Gasteiger partial charge in [-0.25, -0.2) is 8.42 Å². The summed E-state index contributed by atoms with van der Waals surface area (Å²) in [7, 11) is -3.22. The predicted molar refractivity (Wildman–Crippen MR) is 90.9 cm³/mol. The van der Waals surface area contributed by atoms with Crippen molar-refractivity contribution in [1.29, 1.82) is 0 Å². The number of rotatable bonds is 4. The Morgan fingerprint density at radius 3 is 2.68 bits per heavy atom. The Labute approximate surface area is 145 Å². The van der Waals surface area contributed by atoms with E-state index >= 15 is 0 Å². The van der Waals surface area contributed by atoms with Crippen LogP contribution in [0.2, 0.25) is 0 Å². The summed E-state index contributed by atoms with van der Waals surface area (Å²) in [4.78, 5) is 4.68. The van der Waals surface area contributed by atoms with Gasteiger partial charge in [0.2, 0.25) is 11.7 Å². The Balaban J connectivity index is 1.55. The maximum absolute atomic E-state index is 11.5. The predicted octanol–water partition coefficient (Wildman–Crippen LogP) is 2.33. The first-order valence-corrected chi connectivity index (χ1v) is 10.1. The van der Waals surface area contributed by atoms with Crippen molar-refractivity contribution in [1.82, 2.24) is 20.3 Å². The molecule has 0 spiro atoms. The smallest absolute Gasteiger partial charge is 0.233 e.